The molecule has 0 aromatic rings. The van der Waals surface area contributed by atoms with Gasteiger partial charge in [0.1, 0.15) is 0 Å². The largest absolute Gasteiger partial charge is 0.481 e. The van der Waals surface area contributed by atoms with Gasteiger partial charge in [-0.25, -0.2) is 0 Å². The van der Waals surface area contributed by atoms with Crippen LogP contribution in [0.3, 0.4) is 0 Å². The first-order chi connectivity index (χ1) is 7.01. The molecule has 0 aliphatic rings. The average Bonchev–Trinajstić information content (AvgIpc) is 2.18. The van der Waals surface area contributed by atoms with E-state index in [2.05, 4.69) is 0 Å². The second-order valence-electron chi connectivity index (χ2n) is 4.69. The van der Waals surface area contributed by atoms with Crippen molar-refractivity contribution < 1.29 is 30.0 Å². The van der Waals surface area contributed by atoms with Crippen LogP contribution in [0.4, 0.5) is 0 Å². The molecule has 6 heteroatoms. The molecule has 0 heterocycles. The Morgan fingerprint density at radius 1 is 0.812 bits per heavy atom. The minimum atomic E-state index is -0.986. The van der Waals surface area contributed by atoms with E-state index in [1.165, 1.54) is 27.7 Å². The second-order valence-corrected chi connectivity index (χ2v) is 4.69. The fourth-order valence-corrected chi connectivity index (χ4v) is 0.135. The molecular weight excluding hydrogens is 216 g/mol. The molecule has 0 atom stereocenters. The number of hydrogen-bond acceptors (Lipinski definition) is 4. The quantitative estimate of drug-likeness (QED) is 0.553. The standard InChI is InChI=1S/2C5H10O3/c2*1-5(2,3-6)4(7)8/h2*6H,3H2,1-2H3,(H,7,8). The zero-order valence-electron chi connectivity index (χ0n) is 10.0. The van der Waals surface area contributed by atoms with Crippen molar-refractivity contribution in [3.8, 4) is 0 Å². The molecule has 0 amide bonds. The number of hydrogen-bond donors (Lipinski definition) is 4. The number of aliphatic carboxylic acids is 2. The van der Waals surface area contributed by atoms with Crippen molar-refractivity contribution in [2.45, 2.75) is 27.7 Å². The van der Waals surface area contributed by atoms with Gasteiger partial charge in [0, 0.05) is 0 Å². The number of carbonyl (C=O) groups is 2. The van der Waals surface area contributed by atoms with Crippen LogP contribution in [-0.2, 0) is 9.59 Å². The molecule has 0 saturated heterocycles. The van der Waals surface area contributed by atoms with Crippen LogP contribution in [0.2, 0.25) is 0 Å². The molecule has 0 radical (unpaired) electrons. The smallest absolute Gasteiger partial charge is 0.311 e. The van der Waals surface area contributed by atoms with Crippen LogP contribution in [0.15, 0.2) is 0 Å². The molecule has 0 aliphatic carbocycles. The molecule has 16 heavy (non-hydrogen) atoms. The van der Waals surface area contributed by atoms with E-state index in [0.29, 0.717) is 0 Å². The van der Waals surface area contributed by atoms with Crippen LogP contribution in [-0.4, -0.2) is 45.6 Å². The molecule has 0 rings (SSSR count). The van der Waals surface area contributed by atoms with Crippen LogP contribution in [0, 0.1) is 10.8 Å². The maximum absolute atomic E-state index is 10.1. The maximum atomic E-state index is 10.1. The summed E-state index contributed by atoms with van der Waals surface area (Å²) >= 11 is 0. The second kappa shape index (κ2) is 6.44. The van der Waals surface area contributed by atoms with Crippen molar-refractivity contribution >= 4 is 11.9 Å². The molecule has 0 aromatic carbocycles. The molecule has 96 valence electrons. The third-order valence-corrected chi connectivity index (χ3v) is 1.95. The SMILES string of the molecule is CC(C)(CO)C(=O)O.CC(C)(CO)C(=O)O. The van der Waals surface area contributed by atoms with Gasteiger partial charge >= 0.3 is 11.9 Å². The Bertz CT molecular complexity index is 218. The molecule has 0 aliphatic heterocycles. The number of rotatable bonds is 4. The van der Waals surface area contributed by atoms with Gasteiger partial charge in [-0.2, -0.15) is 0 Å². The predicted molar refractivity (Wildman–Crippen MR) is 57.0 cm³/mol. The topological polar surface area (TPSA) is 115 Å². The van der Waals surface area contributed by atoms with Crippen LogP contribution in [0.1, 0.15) is 27.7 Å². The number of carboxylic acids is 2. The van der Waals surface area contributed by atoms with E-state index < -0.39 is 22.8 Å². The summed E-state index contributed by atoms with van der Waals surface area (Å²) < 4.78 is 0. The van der Waals surface area contributed by atoms with Gasteiger partial charge in [0.15, 0.2) is 0 Å². The number of carboxylic acid groups (broad SMARTS) is 2. The van der Waals surface area contributed by atoms with E-state index in [-0.39, 0.29) is 13.2 Å². The van der Waals surface area contributed by atoms with Gasteiger partial charge in [0.2, 0.25) is 0 Å². The first-order valence-electron chi connectivity index (χ1n) is 4.70. The summed E-state index contributed by atoms with van der Waals surface area (Å²) in [6.45, 7) is 5.24. The van der Waals surface area contributed by atoms with E-state index in [1.54, 1.807) is 0 Å². The van der Waals surface area contributed by atoms with Crippen LogP contribution < -0.4 is 0 Å². The molecule has 0 fully saturated rings. The van der Waals surface area contributed by atoms with E-state index in [9.17, 15) is 9.59 Å². The first-order valence-corrected chi connectivity index (χ1v) is 4.70. The van der Waals surface area contributed by atoms with Crippen molar-refractivity contribution in [3.05, 3.63) is 0 Å². The summed E-state index contributed by atoms with van der Waals surface area (Å²) in [4.78, 5) is 20.2. The third-order valence-electron chi connectivity index (χ3n) is 1.95. The summed E-state index contributed by atoms with van der Waals surface area (Å²) in [5, 5.41) is 33.3. The highest BCUT2D eigenvalue weighted by molar-refractivity contribution is 5.73. The van der Waals surface area contributed by atoms with Gasteiger partial charge in [0.05, 0.1) is 24.0 Å². The minimum Gasteiger partial charge on any atom is -0.481 e. The lowest BCUT2D eigenvalue weighted by molar-refractivity contribution is -0.149. The Hall–Kier alpha value is -1.14. The Kier molecular flexibility index (Phi) is 6.95. The average molecular weight is 236 g/mol. The highest BCUT2D eigenvalue weighted by atomic mass is 16.4. The number of aliphatic hydroxyl groups excluding tert-OH is 2. The summed E-state index contributed by atoms with van der Waals surface area (Å²) in [6.07, 6.45) is 0. The highest BCUT2D eigenvalue weighted by Crippen LogP contribution is 2.12. The zero-order chi connectivity index (χ0) is 13.6. The normalized spacial score (nSPS) is 11.4. The highest BCUT2D eigenvalue weighted by Gasteiger charge is 2.25. The Morgan fingerprint density at radius 2 is 1.00 bits per heavy atom. The maximum Gasteiger partial charge on any atom is 0.311 e. The van der Waals surface area contributed by atoms with Crippen LogP contribution in [0.25, 0.3) is 0 Å². The minimum absolute atomic E-state index is 0.317. The summed E-state index contributed by atoms with van der Waals surface area (Å²) in [5.74, 6) is -1.94. The lowest BCUT2D eigenvalue weighted by atomic mass is 9.96. The summed E-state index contributed by atoms with van der Waals surface area (Å²) in [5.41, 5.74) is -1.97. The monoisotopic (exact) mass is 236 g/mol. The van der Waals surface area contributed by atoms with Crippen molar-refractivity contribution in [1.29, 1.82) is 0 Å². The lowest BCUT2D eigenvalue weighted by Gasteiger charge is -2.13. The van der Waals surface area contributed by atoms with Gasteiger partial charge in [-0.3, -0.25) is 9.59 Å². The molecular formula is C10H20O6. The van der Waals surface area contributed by atoms with Gasteiger partial charge in [-0.1, -0.05) is 0 Å². The van der Waals surface area contributed by atoms with Gasteiger partial charge in [-0.05, 0) is 27.7 Å². The molecule has 4 N–H and O–H groups in total. The zero-order valence-corrected chi connectivity index (χ0v) is 10.0. The van der Waals surface area contributed by atoms with Gasteiger partial charge in [-0.15, -0.1) is 0 Å². The van der Waals surface area contributed by atoms with E-state index in [4.69, 9.17) is 20.4 Å². The lowest BCUT2D eigenvalue weighted by Crippen LogP contribution is -2.27. The Labute approximate surface area is 94.5 Å². The van der Waals surface area contributed by atoms with Crippen LogP contribution in [0.5, 0.6) is 0 Å². The predicted octanol–water partition coefficient (Wildman–Crippen LogP) is 0.179. The van der Waals surface area contributed by atoms with Crippen LogP contribution >= 0.6 is 0 Å². The van der Waals surface area contributed by atoms with Gasteiger partial charge in [0.25, 0.3) is 0 Å². The van der Waals surface area contributed by atoms with Crippen molar-refractivity contribution in [2.75, 3.05) is 13.2 Å². The van der Waals surface area contributed by atoms with Gasteiger partial charge < -0.3 is 20.4 Å². The van der Waals surface area contributed by atoms with E-state index in [1.807, 2.05) is 0 Å². The van der Waals surface area contributed by atoms with Crippen molar-refractivity contribution in [2.24, 2.45) is 10.8 Å². The van der Waals surface area contributed by atoms with E-state index in [0.717, 1.165) is 0 Å². The fraction of sp³-hybridized carbons (Fsp3) is 0.800. The number of aliphatic hydroxyl groups is 2. The van der Waals surface area contributed by atoms with Crippen molar-refractivity contribution in [1.82, 2.24) is 0 Å². The Balaban J connectivity index is 0. The molecule has 0 unspecified atom stereocenters. The first kappa shape index (κ1) is 17.3. The molecule has 0 spiro atoms. The Morgan fingerprint density at radius 3 is 1.00 bits per heavy atom. The molecule has 6 nitrogen and oxygen atoms in total. The summed E-state index contributed by atoms with van der Waals surface area (Å²) in [7, 11) is 0. The molecule has 0 aromatic heterocycles. The molecule has 0 saturated carbocycles. The van der Waals surface area contributed by atoms with E-state index >= 15 is 0 Å². The third kappa shape index (κ3) is 6.36. The summed E-state index contributed by atoms with van der Waals surface area (Å²) in [6, 6.07) is 0. The van der Waals surface area contributed by atoms with Crippen molar-refractivity contribution in [3.63, 3.8) is 0 Å². The molecule has 0 bridgehead atoms. The fourth-order valence-electron chi connectivity index (χ4n) is 0.135.